The molecule has 0 fully saturated rings. The zero-order valence-electron chi connectivity index (χ0n) is 5.50. The smallest absolute Gasteiger partial charge is 0.0833 e. The van der Waals surface area contributed by atoms with Crippen LogP contribution in [0, 0.1) is 12.3 Å². The fourth-order valence-corrected chi connectivity index (χ4v) is 0.599. The van der Waals surface area contributed by atoms with Crippen molar-refractivity contribution in [1.29, 1.82) is 0 Å². The van der Waals surface area contributed by atoms with Crippen molar-refractivity contribution in [2.45, 2.75) is 12.5 Å². The average molecular weight is 201 g/mol. The van der Waals surface area contributed by atoms with Gasteiger partial charge in [-0.3, -0.25) is 0 Å². The predicted molar refractivity (Wildman–Crippen MR) is 46.7 cm³/mol. The summed E-state index contributed by atoms with van der Waals surface area (Å²) in [7, 11) is 0. The number of halogens is 1. The van der Waals surface area contributed by atoms with Crippen molar-refractivity contribution in [3.63, 3.8) is 0 Å². The zero-order chi connectivity index (χ0) is 7.82. The molecule has 0 radical (unpaired) electrons. The van der Waals surface area contributed by atoms with Gasteiger partial charge in [0.25, 0.3) is 0 Å². The lowest BCUT2D eigenvalue weighted by Gasteiger charge is -1.95. The summed E-state index contributed by atoms with van der Waals surface area (Å²) >= 11 is 3.08. The van der Waals surface area contributed by atoms with E-state index in [4.69, 9.17) is 11.5 Å². The SMILES string of the molecule is C#CC[C@@H](O)/C=C/C=C/Br. The number of hydrogen-bond acceptors (Lipinski definition) is 1. The van der Waals surface area contributed by atoms with E-state index in [9.17, 15) is 0 Å². The number of aliphatic hydroxyl groups is 1. The largest absolute Gasteiger partial charge is 0.388 e. The summed E-state index contributed by atoms with van der Waals surface area (Å²) < 4.78 is 0. The van der Waals surface area contributed by atoms with Gasteiger partial charge in [-0.25, -0.2) is 0 Å². The number of hydrogen-bond donors (Lipinski definition) is 1. The highest BCUT2D eigenvalue weighted by molar-refractivity contribution is 9.11. The summed E-state index contributed by atoms with van der Waals surface area (Å²) in [5, 5.41) is 9.00. The zero-order valence-corrected chi connectivity index (χ0v) is 7.08. The highest BCUT2D eigenvalue weighted by atomic mass is 79.9. The van der Waals surface area contributed by atoms with Gasteiger partial charge in [-0.15, -0.1) is 12.3 Å². The fourth-order valence-electron chi connectivity index (χ4n) is 0.423. The summed E-state index contributed by atoms with van der Waals surface area (Å²) in [6.45, 7) is 0. The highest BCUT2D eigenvalue weighted by Gasteiger charge is 1.91. The van der Waals surface area contributed by atoms with Crippen LogP contribution >= 0.6 is 15.9 Å². The lowest BCUT2D eigenvalue weighted by molar-refractivity contribution is 0.229. The van der Waals surface area contributed by atoms with Crippen LogP contribution in [-0.4, -0.2) is 11.2 Å². The van der Waals surface area contributed by atoms with E-state index in [2.05, 4.69) is 21.9 Å². The summed E-state index contributed by atoms with van der Waals surface area (Å²) in [5.41, 5.74) is 0. The van der Waals surface area contributed by atoms with Gasteiger partial charge in [0.1, 0.15) is 0 Å². The van der Waals surface area contributed by atoms with Gasteiger partial charge < -0.3 is 5.11 Å². The third kappa shape index (κ3) is 5.61. The molecule has 0 aliphatic rings. The Kier molecular flexibility index (Phi) is 6.25. The van der Waals surface area contributed by atoms with Crippen molar-refractivity contribution in [3.05, 3.63) is 23.2 Å². The Hall–Kier alpha value is -0.520. The predicted octanol–water partition coefficient (Wildman–Crippen LogP) is 1.84. The van der Waals surface area contributed by atoms with Crippen LogP contribution in [0.3, 0.4) is 0 Å². The Balaban J connectivity index is 3.57. The van der Waals surface area contributed by atoms with E-state index in [1.807, 2.05) is 0 Å². The topological polar surface area (TPSA) is 20.2 Å². The fraction of sp³-hybridized carbons (Fsp3) is 0.250. The molecular weight excluding hydrogens is 192 g/mol. The molecule has 0 aromatic heterocycles. The monoisotopic (exact) mass is 200 g/mol. The van der Waals surface area contributed by atoms with Crippen LogP contribution in [0.5, 0.6) is 0 Å². The maximum Gasteiger partial charge on any atom is 0.0833 e. The van der Waals surface area contributed by atoms with Gasteiger partial charge in [-0.2, -0.15) is 0 Å². The van der Waals surface area contributed by atoms with Crippen molar-refractivity contribution < 1.29 is 5.11 Å². The van der Waals surface area contributed by atoms with E-state index in [1.54, 1.807) is 23.2 Å². The van der Waals surface area contributed by atoms with Crippen LogP contribution in [0.15, 0.2) is 23.2 Å². The van der Waals surface area contributed by atoms with E-state index >= 15 is 0 Å². The lowest BCUT2D eigenvalue weighted by atomic mass is 10.2. The van der Waals surface area contributed by atoms with Crippen LogP contribution in [0.2, 0.25) is 0 Å². The Bertz CT molecular complexity index is 165. The Labute approximate surface area is 69.6 Å². The standard InChI is InChI=1S/C8H9BrO/c1-2-5-8(10)6-3-4-7-9/h1,3-4,6-8,10H,5H2/b6-3+,7-4+/t8-/m1/s1. The molecule has 1 atom stereocenters. The molecule has 1 nitrogen and oxygen atoms in total. The van der Waals surface area contributed by atoms with Crippen LogP contribution in [-0.2, 0) is 0 Å². The highest BCUT2D eigenvalue weighted by Crippen LogP contribution is 1.92. The van der Waals surface area contributed by atoms with Crippen molar-refractivity contribution >= 4 is 15.9 Å². The van der Waals surface area contributed by atoms with E-state index in [0.717, 1.165) is 0 Å². The number of aliphatic hydroxyl groups excluding tert-OH is 1. The number of terminal acetylenes is 1. The van der Waals surface area contributed by atoms with Gasteiger partial charge in [0, 0.05) is 6.42 Å². The molecule has 0 unspecified atom stereocenters. The van der Waals surface area contributed by atoms with Crippen LogP contribution in [0.1, 0.15) is 6.42 Å². The molecule has 0 aliphatic carbocycles. The van der Waals surface area contributed by atoms with E-state index in [0.29, 0.717) is 6.42 Å². The summed E-state index contributed by atoms with van der Waals surface area (Å²) in [6, 6.07) is 0. The van der Waals surface area contributed by atoms with E-state index in [1.165, 1.54) is 0 Å². The van der Waals surface area contributed by atoms with Crippen LogP contribution in [0.25, 0.3) is 0 Å². The molecule has 0 saturated heterocycles. The van der Waals surface area contributed by atoms with Gasteiger partial charge in [0.2, 0.25) is 0 Å². The first kappa shape index (κ1) is 9.48. The minimum Gasteiger partial charge on any atom is -0.388 e. The first-order chi connectivity index (χ1) is 4.81. The lowest BCUT2D eigenvalue weighted by Crippen LogP contribution is -1.98. The molecule has 0 aromatic rings. The second-order valence-corrected chi connectivity index (χ2v) is 2.21. The first-order valence-electron chi connectivity index (χ1n) is 2.86. The van der Waals surface area contributed by atoms with Crippen LogP contribution in [0.4, 0.5) is 0 Å². The molecule has 0 aromatic carbocycles. The molecule has 10 heavy (non-hydrogen) atoms. The van der Waals surface area contributed by atoms with Crippen molar-refractivity contribution in [2.75, 3.05) is 0 Å². The Morgan fingerprint density at radius 1 is 1.60 bits per heavy atom. The van der Waals surface area contributed by atoms with Gasteiger partial charge in [0.05, 0.1) is 6.10 Å². The molecule has 1 N–H and O–H groups in total. The maximum atomic E-state index is 9.00. The summed E-state index contributed by atoms with van der Waals surface area (Å²) in [5.74, 6) is 2.36. The molecule has 2 heteroatoms. The minimum absolute atomic E-state index is 0.368. The molecule has 0 aliphatic heterocycles. The minimum atomic E-state index is -0.520. The van der Waals surface area contributed by atoms with E-state index < -0.39 is 6.10 Å². The Morgan fingerprint density at radius 2 is 2.30 bits per heavy atom. The van der Waals surface area contributed by atoms with Gasteiger partial charge in [-0.05, 0) is 4.99 Å². The third-order valence-corrected chi connectivity index (χ3v) is 1.15. The molecule has 54 valence electrons. The van der Waals surface area contributed by atoms with Crippen molar-refractivity contribution in [1.82, 2.24) is 0 Å². The number of allylic oxidation sites excluding steroid dienone is 2. The normalized spacial score (nSPS) is 14.1. The maximum absolute atomic E-state index is 9.00. The molecule has 0 amide bonds. The van der Waals surface area contributed by atoms with Crippen molar-refractivity contribution in [3.8, 4) is 12.3 Å². The summed E-state index contributed by atoms with van der Waals surface area (Å²) in [6.07, 6.45) is 9.94. The molecule has 0 bridgehead atoms. The van der Waals surface area contributed by atoms with E-state index in [-0.39, 0.29) is 0 Å². The summed E-state index contributed by atoms with van der Waals surface area (Å²) in [4.78, 5) is 1.70. The number of rotatable bonds is 3. The van der Waals surface area contributed by atoms with Gasteiger partial charge >= 0.3 is 0 Å². The molecule has 0 rings (SSSR count). The molecule has 0 spiro atoms. The second-order valence-electron chi connectivity index (χ2n) is 1.68. The van der Waals surface area contributed by atoms with Gasteiger partial charge in [0.15, 0.2) is 0 Å². The molecule has 0 saturated carbocycles. The Morgan fingerprint density at radius 3 is 2.80 bits per heavy atom. The molecular formula is C8H9BrO. The molecule has 0 heterocycles. The quantitative estimate of drug-likeness (QED) is 0.545. The van der Waals surface area contributed by atoms with Gasteiger partial charge in [-0.1, -0.05) is 34.2 Å². The average Bonchev–Trinajstić information content (AvgIpc) is 1.89. The van der Waals surface area contributed by atoms with Crippen molar-refractivity contribution in [2.24, 2.45) is 0 Å². The van der Waals surface area contributed by atoms with Crippen LogP contribution < -0.4 is 0 Å². The first-order valence-corrected chi connectivity index (χ1v) is 3.78. The third-order valence-electron chi connectivity index (χ3n) is 0.844. The second kappa shape index (κ2) is 6.60.